The van der Waals surface area contributed by atoms with Crippen LogP contribution in [-0.2, 0) is 11.3 Å². The highest BCUT2D eigenvalue weighted by atomic mass is 79.9. The van der Waals surface area contributed by atoms with Gasteiger partial charge in [0.15, 0.2) is 11.5 Å². The first-order valence-electron chi connectivity index (χ1n) is 8.45. The number of terminal acetylenes is 1. The number of hydrogen-bond acceptors (Lipinski definition) is 4. The normalized spacial score (nSPS) is 14.7. The number of carbonyl (C=O) groups excluding carboxylic acids is 2. The minimum atomic E-state index is -0.468. The molecule has 29 heavy (non-hydrogen) atoms. The number of urea groups is 1. The van der Waals surface area contributed by atoms with E-state index in [1.165, 1.54) is 7.11 Å². The number of hydrogen-bond donors (Lipinski definition) is 1. The number of nitrogens with zero attached hydrogens (tertiary/aromatic N) is 1. The van der Waals surface area contributed by atoms with Gasteiger partial charge in [-0.3, -0.25) is 9.69 Å². The molecule has 1 aliphatic rings. The van der Waals surface area contributed by atoms with Crippen molar-refractivity contribution in [2.45, 2.75) is 6.54 Å². The van der Waals surface area contributed by atoms with Crippen LogP contribution >= 0.6 is 31.9 Å². The SMILES string of the molecule is C#CCOc1c(Br)cc(/C=C2/NC(=O)N(Cc3ccc(Br)cc3)C2=O)cc1OC. The lowest BCUT2D eigenvalue weighted by Crippen LogP contribution is -2.30. The van der Waals surface area contributed by atoms with Crippen LogP contribution in [0.5, 0.6) is 11.5 Å². The lowest BCUT2D eigenvalue weighted by atomic mass is 10.1. The molecule has 0 radical (unpaired) electrons. The molecule has 8 heteroatoms. The summed E-state index contributed by atoms with van der Waals surface area (Å²) in [5.41, 5.74) is 1.67. The van der Waals surface area contributed by atoms with E-state index in [0.717, 1.165) is 14.9 Å². The van der Waals surface area contributed by atoms with Gasteiger partial charge in [0.1, 0.15) is 12.3 Å². The standard InChI is InChI=1S/C21H16Br2N2O4/c1-3-8-29-19-16(23)9-14(11-18(19)28-2)10-17-20(26)25(21(27)24-17)12-13-4-6-15(22)7-5-13/h1,4-7,9-11H,8,12H2,2H3,(H,24,27)/b17-10+. The average Bonchev–Trinajstić information content (AvgIpc) is 2.95. The molecule has 1 fully saturated rings. The van der Waals surface area contributed by atoms with Gasteiger partial charge in [-0.2, -0.15) is 0 Å². The number of imide groups is 1. The van der Waals surface area contributed by atoms with Gasteiger partial charge in [0.05, 0.1) is 18.1 Å². The molecule has 2 aromatic carbocycles. The Morgan fingerprint density at radius 1 is 1.21 bits per heavy atom. The Bertz CT molecular complexity index is 1030. The predicted octanol–water partition coefficient (Wildman–Crippen LogP) is 4.33. The van der Waals surface area contributed by atoms with E-state index >= 15 is 0 Å². The molecule has 1 N–H and O–H groups in total. The zero-order chi connectivity index (χ0) is 21.0. The zero-order valence-corrected chi connectivity index (χ0v) is 18.5. The van der Waals surface area contributed by atoms with Crippen LogP contribution in [0.1, 0.15) is 11.1 Å². The number of methoxy groups -OCH3 is 1. The summed E-state index contributed by atoms with van der Waals surface area (Å²) in [6.45, 7) is 0.274. The van der Waals surface area contributed by atoms with Crippen LogP contribution in [0.25, 0.3) is 6.08 Å². The third kappa shape index (κ3) is 4.81. The molecule has 0 aromatic heterocycles. The molecule has 0 spiro atoms. The lowest BCUT2D eigenvalue weighted by molar-refractivity contribution is -0.123. The van der Waals surface area contributed by atoms with Crippen molar-refractivity contribution in [3.05, 3.63) is 62.2 Å². The maximum absolute atomic E-state index is 12.7. The summed E-state index contributed by atoms with van der Waals surface area (Å²) in [7, 11) is 1.50. The van der Waals surface area contributed by atoms with Crippen LogP contribution in [0.4, 0.5) is 4.79 Å². The second-order valence-corrected chi connectivity index (χ2v) is 7.80. The summed E-state index contributed by atoms with van der Waals surface area (Å²) in [6, 6.07) is 10.4. The van der Waals surface area contributed by atoms with Gasteiger partial charge in [-0.25, -0.2) is 4.79 Å². The topological polar surface area (TPSA) is 67.9 Å². The largest absolute Gasteiger partial charge is 0.493 e. The first-order chi connectivity index (χ1) is 13.9. The predicted molar refractivity (Wildman–Crippen MR) is 116 cm³/mol. The number of amides is 3. The fourth-order valence-electron chi connectivity index (χ4n) is 2.73. The summed E-state index contributed by atoms with van der Waals surface area (Å²) in [6.07, 6.45) is 6.82. The number of ether oxygens (including phenoxy) is 2. The van der Waals surface area contributed by atoms with Gasteiger partial charge in [-0.1, -0.05) is 34.0 Å². The van der Waals surface area contributed by atoms with Crippen LogP contribution in [0.15, 0.2) is 51.0 Å². The number of halogens is 2. The first kappa shape index (κ1) is 21.0. The molecule has 0 aliphatic carbocycles. The van der Waals surface area contributed by atoms with Gasteiger partial charge in [-0.15, -0.1) is 6.42 Å². The summed E-state index contributed by atoms with van der Waals surface area (Å²) in [5, 5.41) is 2.62. The van der Waals surface area contributed by atoms with Crippen LogP contribution in [0, 0.1) is 12.3 Å². The Balaban J connectivity index is 1.84. The van der Waals surface area contributed by atoms with Crippen LogP contribution in [0.3, 0.4) is 0 Å². The maximum Gasteiger partial charge on any atom is 0.329 e. The van der Waals surface area contributed by atoms with E-state index in [1.807, 2.05) is 24.3 Å². The fraction of sp³-hybridized carbons (Fsp3) is 0.143. The second kappa shape index (κ2) is 9.16. The van der Waals surface area contributed by atoms with E-state index in [1.54, 1.807) is 18.2 Å². The molecule has 0 unspecified atom stereocenters. The maximum atomic E-state index is 12.7. The summed E-state index contributed by atoms with van der Waals surface area (Å²) >= 11 is 6.78. The van der Waals surface area contributed by atoms with Crippen LogP contribution in [-0.4, -0.2) is 30.6 Å². The van der Waals surface area contributed by atoms with Crippen molar-refractivity contribution in [3.63, 3.8) is 0 Å². The van der Waals surface area contributed by atoms with Crippen molar-refractivity contribution in [2.24, 2.45) is 0 Å². The van der Waals surface area contributed by atoms with Crippen molar-refractivity contribution in [2.75, 3.05) is 13.7 Å². The number of rotatable bonds is 6. The molecular weight excluding hydrogens is 504 g/mol. The summed E-state index contributed by atoms with van der Waals surface area (Å²) in [5.74, 6) is 2.91. The van der Waals surface area contributed by atoms with Crippen molar-refractivity contribution >= 4 is 49.9 Å². The molecule has 2 aromatic rings. The molecule has 148 valence electrons. The van der Waals surface area contributed by atoms with E-state index in [9.17, 15) is 9.59 Å². The Morgan fingerprint density at radius 2 is 1.93 bits per heavy atom. The third-order valence-corrected chi connectivity index (χ3v) is 5.20. The summed E-state index contributed by atoms with van der Waals surface area (Å²) < 4.78 is 12.4. The smallest absolute Gasteiger partial charge is 0.329 e. The molecule has 3 amide bonds. The summed E-state index contributed by atoms with van der Waals surface area (Å²) in [4.78, 5) is 26.2. The monoisotopic (exact) mass is 518 g/mol. The molecule has 3 rings (SSSR count). The first-order valence-corrected chi connectivity index (χ1v) is 10.0. The van der Waals surface area contributed by atoms with Crippen molar-refractivity contribution < 1.29 is 19.1 Å². The highest BCUT2D eigenvalue weighted by Gasteiger charge is 2.33. The van der Waals surface area contributed by atoms with Crippen LogP contribution < -0.4 is 14.8 Å². The molecule has 6 nitrogen and oxygen atoms in total. The van der Waals surface area contributed by atoms with Gasteiger partial charge in [0.2, 0.25) is 0 Å². The lowest BCUT2D eigenvalue weighted by Gasteiger charge is -2.12. The average molecular weight is 520 g/mol. The Hall–Kier alpha value is -2.76. The highest BCUT2D eigenvalue weighted by molar-refractivity contribution is 9.10. The molecule has 0 saturated carbocycles. The van der Waals surface area contributed by atoms with E-state index in [-0.39, 0.29) is 18.8 Å². The van der Waals surface area contributed by atoms with E-state index in [2.05, 4.69) is 43.1 Å². The Kier molecular flexibility index (Phi) is 6.62. The Labute approximate surface area is 185 Å². The number of carbonyl (C=O) groups is 2. The van der Waals surface area contributed by atoms with Gasteiger partial charge in [-0.05, 0) is 57.4 Å². The van der Waals surface area contributed by atoms with Gasteiger partial charge >= 0.3 is 6.03 Å². The minimum absolute atomic E-state index is 0.0922. The minimum Gasteiger partial charge on any atom is -0.493 e. The van der Waals surface area contributed by atoms with Gasteiger partial charge in [0, 0.05) is 4.47 Å². The number of benzene rings is 2. The molecule has 1 saturated heterocycles. The highest BCUT2D eigenvalue weighted by Crippen LogP contribution is 2.37. The van der Waals surface area contributed by atoms with Crippen LogP contribution in [0.2, 0.25) is 0 Å². The van der Waals surface area contributed by atoms with Gasteiger partial charge in [0.25, 0.3) is 5.91 Å². The third-order valence-electron chi connectivity index (χ3n) is 4.08. The molecule has 1 aliphatic heterocycles. The Morgan fingerprint density at radius 3 is 2.59 bits per heavy atom. The van der Waals surface area contributed by atoms with E-state index < -0.39 is 11.9 Å². The zero-order valence-electron chi connectivity index (χ0n) is 15.4. The van der Waals surface area contributed by atoms with E-state index in [0.29, 0.717) is 21.5 Å². The molecule has 0 bridgehead atoms. The van der Waals surface area contributed by atoms with Crippen molar-refractivity contribution in [1.82, 2.24) is 10.2 Å². The second-order valence-electron chi connectivity index (χ2n) is 6.03. The van der Waals surface area contributed by atoms with E-state index in [4.69, 9.17) is 15.9 Å². The molecule has 1 heterocycles. The quantitative estimate of drug-likeness (QED) is 0.350. The fourth-order valence-corrected chi connectivity index (χ4v) is 3.57. The van der Waals surface area contributed by atoms with Crippen molar-refractivity contribution in [1.29, 1.82) is 0 Å². The van der Waals surface area contributed by atoms with Crippen molar-refractivity contribution in [3.8, 4) is 23.8 Å². The molecular formula is C21H16Br2N2O4. The number of nitrogens with one attached hydrogen (secondary N) is 1. The molecule has 0 atom stereocenters. The van der Waals surface area contributed by atoms with Gasteiger partial charge < -0.3 is 14.8 Å².